The first kappa shape index (κ1) is 12.7. The number of aromatic nitrogens is 2. The van der Waals surface area contributed by atoms with Crippen LogP contribution in [0.1, 0.15) is 6.92 Å². The Morgan fingerprint density at radius 2 is 2.00 bits per heavy atom. The molecule has 0 aliphatic heterocycles. The third kappa shape index (κ3) is 3.37. The predicted molar refractivity (Wildman–Crippen MR) is 77.7 cm³/mol. The molecule has 1 heterocycles. The highest BCUT2D eigenvalue weighted by Crippen LogP contribution is 2.21. The molecule has 2 aromatic rings. The molecule has 5 heteroatoms. The summed E-state index contributed by atoms with van der Waals surface area (Å²) in [6.45, 7) is 2.88. The Kier molecular flexibility index (Phi) is 4.41. The van der Waals surface area contributed by atoms with Gasteiger partial charge in [-0.2, -0.15) is 0 Å². The molecule has 0 radical (unpaired) electrons. The molecular weight excluding hydrogens is 244 g/mol. The first-order chi connectivity index (χ1) is 8.81. The van der Waals surface area contributed by atoms with E-state index in [1.54, 1.807) is 18.1 Å². The van der Waals surface area contributed by atoms with Gasteiger partial charge in [-0.25, -0.2) is 9.97 Å². The normalized spacial score (nSPS) is 10.1. The molecule has 0 spiro atoms. The fraction of sp³-hybridized carbons (Fsp3) is 0.231. The van der Waals surface area contributed by atoms with Gasteiger partial charge in [0.1, 0.15) is 18.0 Å². The molecule has 2 N–H and O–H groups in total. The molecule has 0 fully saturated rings. The predicted octanol–water partition coefficient (Wildman–Crippen LogP) is 3.37. The fourth-order valence-corrected chi connectivity index (χ4v) is 2.01. The van der Waals surface area contributed by atoms with Gasteiger partial charge in [-0.05, 0) is 31.4 Å². The van der Waals surface area contributed by atoms with E-state index < -0.39 is 0 Å². The van der Waals surface area contributed by atoms with E-state index in [9.17, 15) is 0 Å². The number of thioether (sulfide) groups is 1. The van der Waals surface area contributed by atoms with Crippen LogP contribution in [0.4, 0.5) is 17.3 Å². The lowest BCUT2D eigenvalue weighted by molar-refractivity contribution is 1.11. The largest absolute Gasteiger partial charge is 0.370 e. The standard InChI is InChI=1S/C13H16N4S/c1-3-14-12-8-13(16-9-15-12)17-10-5-4-6-11(7-10)18-2/h4-9H,3H2,1-2H3,(H2,14,15,16,17). The first-order valence-corrected chi connectivity index (χ1v) is 7.01. The van der Waals surface area contributed by atoms with E-state index in [1.807, 2.05) is 25.1 Å². The van der Waals surface area contributed by atoms with Crippen molar-refractivity contribution in [1.82, 2.24) is 9.97 Å². The van der Waals surface area contributed by atoms with E-state index in [0.717, 1.165) is 23.9 Å². The molecule has 0 aliphatic rings. The zero-order chi connectivity index (χ0) is 12.8. The average molecular weight is 260 g/mol. The molecule has 0 unspecified atom stereocenters. The molecule has 0 aliphatic carbocycles. The second-order valence-corrected chi connectivity index (χ2v) is 4.56. The Bertz CT molecular complexity index is 516. The molecule has 1 aromatic carbocycles. The molecule has 0 saturated heterocycles. The first-order valence-electron chi connectivity index (χ1n) is 5.79. The Labute approximate surface area is 111 Å². The van der Waals surface area contributed by atoms with Crippen LogP contribution in [0, 0.1) is 0 Å². The van der Waals surface area contributed by atoms with Gasteiger partial charge in [-0.1, -0.05) is 6.07 Å². The number of nitrogens with one attached hydrogen (secondary N) is 2. The van der Waals surface area contributed by atoms with Crippen LogP contribution in [0.25, 0.3) is 0 Å². The molecule has 4 nitrogen and oxygen atoms in total. The van der Waals surface area contributed by atoms with Gasteiger partial charge in [0.05, 0.1) is 0 Å². The monoisotopic (exact) mass is 260 g/mol. The zero-order valence-electron chi connectivity index (χ0n) is 10.5. The Balaban J connectivity index is 2.14. The van der Waals surface area contributed by atoms with E-state index in [1.165, 1.54) is 4.90 Å². The number of benzene rings is 1. The second kappa shape index (κ2) is 6.26. The lowest BCUT2D eigenvalue weighted by atomic mass is 10.3. The van der Waals surface area contributed by atoms with Crippen molar-refractivity contribution in [3.63, 3.8) is 0 Å². The maximum Gasteiger partial charge on any atom is 0.135 e. The van der Waals surface area contributed by atoms with Crippen molar-refractivity contribution in [3.8, 4) is 0 Å². The number of hydrogen-bond donors (Lipinski definition) is 2. The van der Waals surface area contributed by atoms with Crippen LogP contribution in [0.5, 0.6) is 0 Å². The van der Waals surface area contributed by atoms with E-state index >= 15 is 0 Å². The highest BCUT2D eigenvalue weighted by molar-refractivity contribution is 7.98. The van der Waals surface area contributed by atoms with Gasteiger partial charge in [0, 0.05) is 23.2 Å². The topological polar surface area (TPSA) is 49.8 Å². The van der Waals surface area contributed by atoms with E-state index in [0.29, 0.717) is 0 Å². The number of rotatable bonds is 5. The lowest BCUT2D eigenvalue weighted by Crippen LogP contribution is -2.01. The summed E-state index contributed by atoms with van der Waals surface area (Å²) in [5, 5.41) is 6.43. The molecule has 0 amide bonds. The molecule has 0 atom stereocenters. The van der Waals surface area contributed by atoms with Gasteiger partial charge in [-0.15, -0.1) is 11.8 Å². The molecule has 0 saturated carbocycles. The van der Waals surface area contributed by atoms with Gasteiger partial charge >= 0.3 is 0 Å². The SMILES string of the molecule is CCNc1cc(Nc2cccc(SC)c2)ncn1. The summed E-state index contributed by atoms with van der Waals surface area (Å²) in [6.07, 6.45) is 3.62. The Morgan fingerprint density at radius 3 is 2.78 bits per heavy atom. The molecule has 94 valence electrons. The summed E-state index contributed by atoms with van der Waals surface area (Å²) in [7, 11) is 0. The third-order valence-corrected chi connectivity index (χ3v) is 3.09. The quantitative estimate of drug-likeness (QED) is 0.807. The zero-order valence-corrected chi connectivity index (χ0v) is 11.3. The van der Waals surface area contributed by atoms with Crippen LogP contribution in [-0.2, 0) is 0 Å². The van der Waals surface area contributed by atoms with E-state index in [4.69, 9.17) is 0 Å². The minimum Gasteiger partial charge on any atom is -0.370 e. The summed E-state index contributed by atoms with van der Waals surface area (Å²) >= 11 is 1.72. The molecule has 1 aromatic heterocycles. The number of anilines is 3. The molecule has 0 bridgehead atoms. The molecular formula is C13H16N4S. The van der Waals surface area contributed by atoms with Crippen molar-refractivity contribution in [2.75, 3.05) is 23.4 Å². The van der Waals surface area contributed by atoms with Crippen molar-refractivity contribution in [3.05, 3.63) is 36.7 Å². The molecule has 2 rings (SSSR count). The van der Waals surface area contributed by atoms with E-state index in [2.05, 4.69) is 39.0 Å². The summed E-state index contributed by atoms with van der Waals surface area (Å²) in [6, 6.07) is 10.1. The van der Waals surface area contributed by atoms with Crippen LogP contribution in [0.2, 0.25) is 0 Å². The fourth-order valence-electron chi connectivity index (χ4n) is 1.55. The summed E-state index contributed by atoms with van der Waals surface area (Å²) in [4.78, 5) is 9.56. The minimum absolute atomic E-state index is 0.791. The van der Waals surface area contributed by atoms with Gasteiger partial charge in [0.2, 0.25) is 0 Å². The molecule has 18 heavy (non-hydrogen) atoms. The lowest BCUT2D eigenvalue weighted by Gasteiger charge is -2.08. The van der Waals surface area contributed by atoms with Crippen molar-refractivity contribution in [2.24, 2.45) is 0 Å². The van der Waals surface area contributed by atoms with Crippen molar-refractivity contribution in [1.29, 1.82) is 0 Å². The second-order valence-electron chi connectivity index (χ2n) is 3.68. The summed E-state index contributed by atoms with van der Waals surface area (Å²) in [5.74, 6) is 1.62. The minimum atomic E-state index is 0.791. The highest BCUT2D eigenvalue weighted by atomic mass is 32.2. The van der Waals surface area contributed by atoms with Crippen LogP contribution in [0.15, 0.2) is 41.6 Å². The van der Waals surface area contributed by atoms with Gasteiger partial charge in [0.25, 0.3) is 0 Å². The van der Waals surface area contributed by atoms with Crippen LogP contribution in [-0.4, -0.2) is 22.8 Å². The third-order valence-electron chi connectivity index (χ3n) is 2.37. The number of hydrogen-bond acceptors (Lipinski definition) is 5. The van der Waals surface area contributed by atoms with Gasteiger partial charge in [-0.3, -0.25) is 0 Å². The maximum atomic E-state index is 4.20. The Morgan fingerprint density at radius 1 is 1.17 bits per heavy atom. The average Bonchev–Trinajstić information content (AvgIpc) is 2.40. The number of nitrogens with zero attached hydrogens (tertiary/aromatic N) is 2. The Hall–Kier alpha value is -1.75. The van der Waals surface area contributed by atoms with Crippen LogP contribution < -0.4 is 10.6 Å². The van der Waals surface area contributed by atoms with Crippen LogP contribution >= 0.6 is 11.8 Å². The maximum absolute atomic E-state index is 4.20. The van der Waals surface area contributed by atoms with Crippen molar-refractivity contribution < 1.29 is 0 Å². The van der Waals surface area contributed by atoms with Gasteiger partial charge < -0.3 is 10.6 Å². The van der Waals surface area contributed by atoms with E-state index in [-0.39, 0.29) is 0 Å². The highest BCUT2D eigenvalue weighted by Gasteiger charge is 1.99. The van der Waals surface area contributed by atoms with Crippen molar-refractivity contribution in [2.45, 2.75) is 11.8 Å². The van der Waals surface area contributed by atoms with Gasteiger partial charge in [0.15, 0.2) is 0 Å². The van der Waals surface area contributed by atoms with Crippen LogP contribution in [0.3, 0.4) is 0 Å². The van der Waals surface area contributed by atoms with Crippen molar-refractivity contribution >= 4 is 29.1 Å². The smallest absolute Gasteiger partial charge is 0.135 e. The summed E-state index contributed by atoms with van der Waals surface area (Å²) in [5.41, 5.74) is 1.03. The summed E-state index contributed by atoms with van der Waals surface area (Å²) < 4.78 is 0.